The number of benzene rings is 2. The molecule has 0 bridgehead atoms. The Hall–Kier alpha value is -4.62. The largest absolute Gasteiger partial charge is 0.490 e. The molecule has 1 aliphatic heterocycles. The lowest BCUT2D eigenvalue weighted by Crippen LogP contribution is -2.45. The topological polar surface area (TPSA) is 127 Å². The summed E-state index contributed by atoms with van der Waals surface area (Å²) in [7, 11) is 2.12. The monoisotopic (exact) mass is 549 g/mol. The molecule has 0 atom stereocenters. The van der Waals surface area contributed by atoms with Gasteiger partial charge in [-0.1, -0.05) is 6.07 Å². The number of fused-ring (bicyclic) bond motifs is 1. The molecule has 1 N–H and O–H groups in total. The quantitative estimate of drug-likeness (QED) is 0.245. The minimum absolute atomic E-state index is 0.0728. The Morgan fingerprint density at radius 2 is 1.95 bits per heavy atom. The van der Waals surface area contributed by atoms with Gasteiger partial charge in [-0.15, -0.1) is 0 Å². The van der Waals surface area contributed by atoms with Crippen LogP contribution in [0.3, 0.4) is 0 Å². The number of nitrogens with one attached hydrogen (secondary N) is 1. The molecular formula is C27H28FN7O5. The van der Waals surface area contributed by atoms with Gasteiger partial charge in [0, 0.05) is 67.7 Å². The molecule has 0 spiro atoms. The summed E-state index contributed by atoms with van der Waals surface area (Å²) in [6, 6.07) is 9.19. The van der Waals surface area contributed by atoms with Crippen molar-refractivity contribution >= 4 is 22.8 Å². The summed E-state index contributed by atoms with van der Waals surface area (Å²) >= 11 is 0. The van der Waals surface area contributed by atoms with Gasteiger partial charge >= 0.3 is 0 Å². The zero-order chi connectivity index (χ0) is 28.2. The number of ether oxygens (including phenoxy) is 2. The number of carbonyl (C=O) groups excluding carboxylic acids is 1. The first-order valence-electron chi connectivity index (χ1n) is 12.7. The molecule has 2 aromatic heterocycles. The van der Waals surface area contributed by atoms with E-state index in [0.29, 0.717) is 17.9 Å². The van der Waals surface area contributed by atoms with E-state index in [1.165, 1.54) is 36.7 Å². The van der Waals surface area contributed by atoms with Gasteiger partial charge in [0.1, 0.15) is 24.2 Å². The van der Waals surface area contributed by atoms with E-state index in [-0.39, 0.29) is 28.6 Å². The average molecular weight is 550 g/mol. The second kappa shape index (κ2) is 11.6. The molecule has 0 saturated carbocycles. The van der Waals surface area contributed by atoms with E-state index in [2.05, 4.69) is 32.2 Å². The van der Waals surface area contributed by atoms with Crippen molar-refractivity contribution in [1.29, 1.82) is 0 Å². The molecule has 208 valence electrons. The number of anilines is 1. The number of non-ortho nitro benzene ring substituents is 1. The Morgan fingerprint density at radius 1 is 1.15 bits per heavy atom. The van der Waals surface area contributed by atoms with Crippen LogP contribution in [0.15, 0.2) is 55.0 Å². The van der Waals surface area contributed by atoms with Crippen molar-refractivity contribution in [3.63, 3.8) is 0 Å². The molecule has 5 rings (SSSR count). The highest BCUT2D eigenvalue weighted by Crippen LogP contribution is 2.33. The highest BCUT2D eigenvalue weighted by Gasteiger charge is 2.19. The fourth-order valence-electron chi connectivity index (χ4n) is 4.41. The van der Waals surface area contributed by atoms with Gasteiger partial charge in [0.15, 0.2) is 11.6 Å². The van der Waals surface area contributed by atoms with Gasteiger partial charge in [-0.2, -0.15) is 10.1 Å². The lowest BCUT2D eigenvalue weighted by Gasteiger charge is -2.32. The van der Waals surface area contributed by atoms with E-state index in [1.807, 2.05) is 6.92 Å². The third kappa shape index (κ3) is 6.00. The van der Waals surface area contributed by atoms with E-state index in [4.69, 9.17) is 9.47 Å². The fraction of sp³-hybridized carbons (Fsp3) is 0.296. The Labute approximate surface area is 229 Å². The Balaban J connectivity index is 1.27. The molecule has 2 aromatic carbocycles. The number of aryl methyl sites for hydroxylation is 1. The van der Waals surface area contributed by atoms with Gasteiger partial charge in [-0.05, 0) is 32.2 Å². The number of rotatable bonds is 9. The van der Waals surface area contributed by atoms with Crippen LogP contribution in [0.25, 0.3) is 5.52 Å². The Morgan fingerprint density at radius 3 is 2.70 bits per heavy atom. The summed E-state index contributed by atoms with van der Waals surface area (Å²) in [5, 5.41) is 17.7. The van der Waals surface area contributed by atoms with Crippen LogP contribution in [0, 0.1) is 22.9 Å². The van der Waals surface area contributed by atoms with Crippen LogP contribution in [-0.2, 0) is 0 Å². The van der Waals surface area contributed by atoms with Crippen molar-refractivity contribution in [2.45, 2.75) is 6.92 Å². The zero-order valence-corrected chi connectivity index (χ0v) is 22.0. The predicted octanol–water partition coefficient (Wildman–Crippen LogP) is 3.76. The third-order valence-corrected chi connectivity index (χ3v) is 6.72. The maximum atomic E-state index is 15.0. The molecule has 0 unspecified atom stereocenters. The van der Waals surface area contributed by atoms with Gasteiger partial charge in [-0.3, -0.25) is 19.8 Å². The average Bonchev–Trinajstić information content (AvgIpc) is 3.27. The van der Waals surface area contributed by atoms with Crippen molar-refractivity contribution in [3.8, 4) is 17.4 Å². The normalized spacial score (nSPS) is 14.3. The number of carbonyl (C=O) groups is 1. The minimum Gasteiger partial charge on any atom is -0.490 e. The number of likely N-dealkylation sites (N-methyl/N-ethyl adjacent to an activating group) is 1. The lowest BCUT2D eigenvalue weighted by molar-refractivity contribution is -0.384. The smallest absolute Gasteiger partial charge is 0.270 e. The second-order valence-electron chi connectivity index (χ2n) is 9.48. The first kappa shape index (κ1) is 27.0. The summed E-state index contributed by atoms with van der Waals surface area (Å²) < 4.78 is 28.4. The van der Waals surface area contributed by atoms with Crippen LogP contribution in [0.4, 0.5) is 15.8 Å². The summed E-state index contributed by atoms with van der Waals surface area (Å²) in [5.41, 5.74) is 1.31. The van der Waals surface area contributed by atoms with Crippen LogP contribution < -0.4 is 14.8 Å². The van der Waals surface area contributed by atoms with E-state index in [0.717, 1.165) is 50.4 Å². The number of piperazine rings is 1. The van der Waals surface area contributed by atoms with Gasteiger partial charge < -0.3 is 19.7 Å². The SMILES string of the molecule is Cc1c(OCCN2CCN(C)CC2)cn2ncnc(Oc3ccc(NC(=O)c4cccc([N+](=O)[O-])c4)cc3F)c12. The van der Waals surface area contributed by atoms with Crippen LogP contribution in [0.2, 0.25) is 0 Å². The first-order valence-corrected chi connectivity index (χ1v) is 12.7. The number of hydrogen-bond donors (Lipinski definition) is 1. The molecule has 1 saturated heterocycles. The number of amides is 1. The molecule has 1 fully saturated rings. The van der Waals surface area contributed by atoms with Crippen molar-refractivity contribution < 1.29 is 23.6 Å². The molecule has 40 heavy (non-hydrogen) atoms. The molecule has 1 amide bonds. The van der Waals surface area contributed by atoms with Crippen LogP contribution in [0.5, 0.6) is 17.4 Å². The van der Waals surface area contributed by atoms with E-state index >= 15 is 0 Å². The summed E-state index contributed by atoms with van der Waals surface area (Å²) in [6.07, 6.45) is 3.05. The van der Waals surface area contributed by atoms with Crippen molar-refractivity contribution in [2.75, 3.05) is 51.7 Å². The van der Waals surface area contributed by atoms with E-state index in [1.54, 1.807) is 10.7 Å². The number of nitro groups is 1. The predicted molar refractivity (Wildman–Crippen MR) is 145 cm³/mol. The van der Waals surface area contributed by atoms with Crippen LogP contribution in [0.1, 0.15) is 15.9 Å². The highest BCUT2D eigenvalue weighted by molar-refractivity contribution is 6.04. The summed E-state index contributed by atoms with van der Waals surface area (Å²) in [6.45, 7) is 7.26. The first-order chi connectivity index (χ1) is 19.3. The molecule has 1 aliphatic rings. The van der Waals surface area contributed by atoms with E-state index < -0.39 is 16.6 Å². The number of hydrogen-bond acceptors (Lipinski definition) is 9. The molecule has 0 aliphatic carbocycles. The highest BCUT2D eigenvalue weighted by atomic mass is 19.1. The maximum absolute atomic E-state index is 15.0. The van der Waals surface area contributed by atoms with Crippen molar-refractivity contribution in [1.82, 2.24) is 24.4 Å². The fourth-order valence-corrected chi connectivity index (χ4v) is 4.41. The van der Waals surface area contributed by atoms with Crippen molar-refractivity contribution in [2.24, 2.45) is 0 Å². The molecule has 13 heteroatoms. The number of nitrogens with zero attached hydrogens (tertiary/aromatic N) is 6. The van der Waals surface area contributed by atoms with Gasteiger partial charge in [0.05, 0.1) is 11.1 Å². The van der Waals surface area contributed by atoms with Gasteiger partial charge in [-0.25, -0.2) is 8.91 Å². The third-order valence-electron chi connectivity index (χ3n) is 6.72. The van der Waals surface area contributed by atoms with Gasteiger partial charge in [0.2, 0.25) is 5.88 Å². The van der Waals surface area contributed by atoms with E-state index in [9.17, 15) is 19.3 Å². The standard InChI is InChI=1S/C27H28FN7O5/c1-18-24(39-13-12-33-10-8-32(2)9-11-33)16-34-25(18)27(29-17-30-34)40-23-7-6-20(15-22(23)28)31-26(36)19-4-3-5-21(14-19)35(37)38/h3-7,14-17H,8-13H2,1-2H3,(H,31,36). The Bertz CT molecular complexity index is 1550. The summed E-state index contributed by atoms with van der Waals surface area (Å²) in [5.74, 6) is -0.667. The molecule has 4 aromatic rings. The van der Waals surface area contributed by atoms with Crippen molar-refractivity contribution in [3.05, 3.63) is 82.0 Å². The molecule has 12 nitrogen and oxygen atoms in total. The zero-order valence-electron chi connectivity index (χ0n) is 22.0. The number of aromatic nitrogens is 3. The Kier molecular flexibility index (Phi) is 7.84. The second-order valence-corrected chi connectivity index (χ2v) is 9.48. The maximum Gasteiger partial charge on any atom is 0.270 e. The lowest BCUT2D eigenvalue weighted by atomic mass is 10.2. The minimum atomic E-state index is -0.735. The van der Waals surface area contributed by atoms with Gasteiger partial charge in [0.25, 0.3) is 11.6 Å². The summed E-state index contributed by atoms with van der Waals surface area (Å²) in [4.78, 5) is 31.8. The molecule has 0 radical (unpaired) electrons. The number of nitro benzene ring substituents is 1. The van der Waals surface area contributed by atoms with Crippen LogP contribution in [-0.4, -0.2) is 81.6 Å². The molecule has 3 heterocycles. The number of halogens is 1. The molecular weight excluding hydrogens is 521 g/mol. The van der Waals surface area contributed by atoms with Crippen LogP contribution >= 0.6 is 0 Å².